The maximum Gasteiger partial charge on any atom is 0.354 e. The van der Waals surface area contributed by atoms with E-state index in [0.29, 0.717) is 60.6 Å². The summed E-state index contributed by atoms with van der Waals surface area (Å²) in [5.41, 5.74) is 14.5. The summed E-state index contributed by atoms with van der Waals surface area (Å²) in [6, 6.07) is 12.6. The maximum atomic E-state index is 15.1. The Morgan fingerprint density at radius 2 is 2.07 bits per heavy atom. The fourth-order valence-electron chi connectivity index (χ4n) is 5.31. The minimum absolute atomic E-state index is 0.00474. The van der Waals surface area contributed by atoms with Gasteiger partial charge in [-0.2, -0.15) is 4.98 Å². The van der Waals surface area contributed by atoms with Crippen molar-refractivity contribution < 1.29 is 13.5 Å². The molecule has 0 unspecified atom stereocenters. The number of morpholine rings is 1. The van der Waals surface area contributed by atoms with Crippen molar-refractivity contribution >= 4 is 28.5 Å². The normalized spacial score (nSPS) is 18.0. The Bertz CT molecular complexity index is 1700. The monoisotopic (exact) mass is 623 g/mol. The smallest absolute Gasteiger partial charge is 0.354 e. The van der Waals surface area contributed by atoms with Crippen molar-refractivity contribution in [1.29, 1.82) is 0 Å². The first-order chi connectivity index (χ1) is 21.2. The van der Waals surface area contributed by atoms with Crippen molar-refractivity contribution in [1.82, 2.24) is 19.9 Å². The van der Waals surface area contributed by atoms with Crippen LogP contribution in [0.2, 0.25) is 5.02 Å². The molecule has 0 spiro atoms. The number of alkyl halides is 1. The Hall–Kier alpha value is -3.90. The Kier molecular flexibility index (Phi) is 10.2. The lowest BCUT2D eigenvalue weighted by atomic mass is 10.0. The molecule has 2 aromatic heterocycles. The summed E-state index contributed by atoms with van der Waals surface area (Å²) in [6.45, 7) is 4.39. The number of benzene rings is 2. The van der Waals surface area contributed by atoms with Gasteiger partial charge in [0.1, 0.15) is 18.2 Å². The second-order valence-electron chi connectivity index (χ2n) is 11.0. The zero-order valence-corrected chi connectivity index (χ0v) is 25.0. The van der Waals surface area contributed by atoms with Crippen molar-refractivity contribution in [3.8, 4) is 16.9 Å². The number of aliphatic imine (C=N–C) groups is 1. The van der Waals surface area contributed by atoms with E-state index in [9.17, 15) is 9.18 Å². The Balaban J connectivity index is 1.33. The number of fused-ring (bicyclic) bond motifs is 1. The molecule has 12 heteroatoms. The van der Waals surface area contributed by atoms with Crippen molar-refractivity contribution in [3.63, 3.8) is 0 Å². The summed E-state index contributed by atoms with van der Waals surface area (Å²) in [5.74, 6) is -0.551. The van der Waals surface area contributed by atoms with E-state index in [2.05, 4.69) is 26.9 Å². The number of nitrogens with zero attached hydrogens (tertiary/aromatic N) is 3. The van der Waals surface area contributed by atoms with Gasteiger partial charge in [0.25, 0.3) is 0 Å². The number of rotatable bonds is 12. The molecule has 4 aromatic rings. The third-order valence-corrected chi connectivity index (χ3v) is 8.01. The molecule has 1 fully saturated rings. The second kappa shape index (κ2) is 14.3. The molecule has 3 heterocycles. The van der Waals surface area contributed by atoms with Gasteiger partial charge in [0.15, 0.2) is 5.82 Å². The highest BCUT2D eigenvalue weighted by Gasteiger charge is 2.23. The zero-order valence-electron chi connectivity index (χ0n) is 24.2. The topological polar surface area (TPSA) is 136 Å². The van der Waals surface area contributed by atoms with Crippen LogP contribution in [0.5, 0.6) is 0 Å². The number of hydrogen-bond acceptors (Lipinski definition) is 6. The lowest BCUT2D eigenvalue weighted by Crippen LogP contribution is -2.44. The minimum Gasteiger partial charge on any atom is -0.385 e. The number of amidine groups is 1. The number of nitrogens with two attached hydrogens (primary N) is 2. The molecule has 3 atom stereocenters. The van der Waals surface area contributed by atoms with Crippen LogP contribution in [0.1, 0.15) is 36.4 Å². The second-order valence-corrected chi connectivity index (χ2v) is 11.4. The SMILES string of the molecule is C=C[C@H](N)CCCc1cc(Cl)c(F)c(-c2cc3cn(-c4ccc([C@@H]5COC[C@@H](CCN=C(N)CF)N5)cc4)c(=O)nc3[nH]2)c1. The van der Waals surface area contributed by atoms with Gasteiger partial charge in [0.2, 0.25) is 0 Å². The third kappa shape index (κ3) is 7.41. The molecule has 1 aliphatic heterocycles. The number of hydrogen-bond donors (Lipinski definition) is 4. The summed E-state index contributed by atoms with van der Waals surface area (Å²) < 4.78 is 34.9. The van der Waals surface area contributed by atoms with Crippen LogP contribution in [-0.2, 0) is 11.2 Å². The van der Waals surface area contributed by atoms with Gasteiger partial charge in [-0.1, -0.05) is 29.8 Å². The Morgan fingerprint density at radius 1 is 1.27 bits per heavy atom. The van der Waals surface area contributed by atoms with Gasteiger partial charge in [-0.3, -0.25) is 9.56 Å². The van der Waals surface area contributed by atoms with E-state index in [1.165, 1.54) is 4.57 Å². The van der Waals surface area contributed by atoms with Crippen LogP contribution in [0.25, 0.3) is 28.0 Å². The van der Waals surface area contributed by atoms with Gasteiger partial charge >= 0.3 is 5.69 Å². The van der Waals surface area contributed by atoms with Gasteiger partial charge in [0.05, 0.1) is 35.7 Å². The minimum atomic E-state index is -0.755. The summed E-state index contributed by atoms with van der Waals surface area (Å²) in [4.78, 5) is 24.3. The molecular weight excluding hydrogens is 588 g/mol. The number of halogens is 3. The zero-order chi connectivity index (χ0) is 31.2. The Morgan fingerprint density at radius 3 is 2.82 bits per heavy atom. The molecule has 1 saturated heterocycles. The van der Waals surface area contributed by atoms with E-state index in [1.807, 2.05) is 24.3 Å². The number of nitrogens with one attached hydrogen (secondary N) is 2. The molecule has 6 N–H and O–H groups in total. The molecular formula is C32H36ClF2N7O2. The fraction of sp³-hybridized carbons (Fsp3) is 0.344. The highest BCUT2D eigenvalue weighted by molar-refractivity contribution is 6.31. The van der Waals surface area contributed by atoms with Gasteiger partial charge < -0.3 is 26.5 Å². The van der Waals surface area contributed by atoms with Gasteiger partial charge in [-0.25, -0.2) is 13.6 Å². The van der Waals surface area contributed by atoms with Crippen LogP contribution in [0.15, 0.2) is 71.1 Å². The standard InChI is InChI=1S/C32H36ClF2N7O2/c1-2-22(36)5-3-4-19-12-25(30(35)26(33)13-19)27-14-21-16-42(32(43)41-31(21)40-27)24-8-6-20(7-9-24)28-18-44-17-23(39-28)10-11-38-29(37)15-34/h2,6-9,12-14,16,22-23,28,39H,1,3-5,10-11,15,17-18,36H2,(H2,37,38)(H,40,41,43)/t22-,23+,28-/m0/s1. The van der Waals surface area contributed by atoms with Crippen molar-refractivity contribution in [2.45, 2.75) is 43.8 Å². The molecule has 9 nitrogen and oxygen atoms in total. The summed E-state index contributed by atoms with van der Waals surface area (Å²) in [7, 11) is 0. The highest BCUT2D eigenvalue weighted by Crippen LogP contribution is 2.31. The average Bonchev–Trinajstić information content (AvgIpc) is 3.44. The van der Waals surface area contributed by atoms with E-state index in [4.69, 9.17) is 27.8 Å². The van der Waals surface area contributed by atoms with Crippen molar-refractivity contribution in [3.05, 3.63) is 93.8 Å². The van der Waals surface area contributed by atoms with E-state index < -0.39 is 18.2 Å². The van der Waals surface area contributed by atoms with Crippen LogP contribution in [0.3, 0.4) is 0 Å². The lowest BCUT2D eigenvalue weighted by Gasteiger charge is -2.31. The van der Waals surface area contributed by atoms with Gasteiger partial charge in [0, 0.05) is 35.8 Å². The largest absolute Gasteiger partial charge is 0.385 e. The molecule has 232 valence electrons. The van der Waals surface area contributed by atoms with Gasteiger partial charge in [-0.05, 0) is 67.1 Å². The van der Waals surface area contributed by atoms with Crippen LogP contribution in [-0.4, -0.2) is 58.9 Å². The summed E-state index contributed by atoms with van der Waals surface area (Å²) >= 11 is 6.25. The quantitative estimate of drug-likeness (QED) is 0.102. The van der Waals surface area contributed by atoms with Crippen molar-refractivity contribution in [2.24, 2.45) is 16.5 Å². The predicted molar refractivity (Wildman–Crippen MR) is 171 cm³/mol. The first-order valence-corrected chi connectivity index (χ1v) is 14.9. The number of ether oxygens (including phenoxy) is 1. The predicted octanol–water partition coefficient (Wildman–Crippen LogP) is 4.76. The molecule has 0 amide bonds. The average molecular weight is 624 g/mol. The third-order valence-electron chi connectivity index (χ3n) is 7.74. The molecule has 5 rings (SSSR count). The summed E-state index contributed by atoms with van der Waals surface area (Å²) in [5, 5.41) is 4.21. The molecule has 2 aromatic carbocycles. The molecule has 0 radical (unpaired) electrons. The van der Waals surface area contributed by atoms with Crippen molar-refractivity contribution in [2.75, 3.05) is 26.4 Å². The molecule has 44 heavy (non-hydrogen) atoms. The molecule has 0 bridgehead atoms. The molecule has 0 saturated carbocycles. The molecule has 0 aliphatic carbocycles. The number of aromatic nitrogens is 3. The number of aryl methyl sites for hydroxylation is 1. The number of aromatic amines is 1. The maximum absolute atomic E-state index is 15.1. The summed E-state index contributed by atoms with van der Waals surface area (Å²) in [6.07, 6.45) is 6.30. The van der Waals surface area contributed by atoms with E-state index in [1.54, 1.807) is 30.5 Å². The van der Waals surface area contributed by atoms with E-state index in [0.717, 1.165) is 24.0 Å². The van der Waals surface area contributed by atoms with E-state index in [-0.39, 0.29) is 29.0 Å². The first-order valence-electron chi connectivity index (χ1n) is 14.5. The van der Waals surface area contributed by atoms with Crippen LogP contribution in [0.4, 0.5) is 8.78 Å². The van der Waals surface area contributed by atoms with Crippen LogP contribution in [0, 0.1) is 5.82 Å². The van der Waals surface area contributed by atoms with E-state index >= 15 is 4.39 Å². The van der Waals surface area contributed by atoms with Gasteiger partial charge in [-0.15, -0.1) is 6.58 Å². The number of H-pyrrole nitrogens is 1. The first kappa shape index (κ1) is 31.5. The van der Waals surface area contributed by atoms with Crippen LogP contribution < -0.4 is 22.5 Å². The van der Waals surface area contributed by atoms with Crippen LogP contribution >= 0.6 is 11.6 Å². The fourth-order valence-corrected chi connectivity index (χ4v) is 5.55. The molecule has 1 aliphatic rings. The highest BCUT2D eigenvalue weighted by atomic mass is 35.5. The Labute approximate surface area is 259 Å². The lowest BCUT2D eigenvalue weighted by molar-refractivity contribution is 0.0434.